The smallest absolute Gasteiger partial charge is 0.145 e. The second-order valence-electron chi connectivity index (χ2n) is 4.21. The number of nitrogens with zero attached hydrogens (tertiary/aromatic N) is 1. The maximum absolute atomic E-state index is 14.0. The summed E-state index contributed by atoms with van der Waals surface area (Å²) >= 11 is 7.13. The highest BCUT2D eigenvalue weighted by Crippen LogP contribution is 2.35. The molecular formula is C13H14ClFN2OS. The Morgan fingerprint density at radius 1 is 1.53 bits per heavy atom. The molecule has 6 heteroatoms. The minimum absolute atomic E-state index is 0.0311. The van der Waals surface area contributed by atoms with Gasteiger partial charge in [0.1, 0.15) is 5.82 Å². The first kappa shape index (κ1) is 14.4. The van der Waals surface area contributed by atoms with Crippen LogP contribution in [0.2, 0.25) is 5.02 Å². The molecule has 3 N–H and O–H groups in total. The molecule has 3 nitrogen and oxygen atoms in total. The van der Waals surface area contributed by atoms with E-state index in [-0.39, 0.29) is 11.6 Å². The molecule has 0 fully saturated rings. The van der Waals surface area contributed by atoms with Crippen molar-refractivity contribution < 1.29 is 9.50 Å². The minimum atomic E-state index is -0.885. The molecular weight excluding hydrogens is 287 g/mol. The van der Waals surface area contributed by atoms with Gasteiger partial charge < -0.3 is 10.8 Å². The maximum Gasteiger partial charge on any atom is 0.145 e. The normalized spacial score (nSPS) is 14.4. The van der Waals surface area contributed by atoms with Crippen molar-refractivity contribution in [1.82, 2.24) is 4.98 Å². The first-order valence-corrected chi connectivity index (χ1v) is 6.98. The number of hydrogen-bond acceptors (Lipinski definition) is 4. The zero-order valence-corrected chi connectivity index (χ0v) is 11.9. The van der Waals surface area contributed by atoms with Gasteiger partial charge in [-0.1, -0.05) is 23.7 Å². The Labute approximate surface area is 119 Å². The Balaban J connectivity index is 2.36. The molecule has 2 aromatic rings. The van der Waals surface area contributed by atoms with Gasteiger partial charge in [0.25, 0.3) is 0 Å². The number of benzene rings is 1. The molecule has 2 atom stereocenters. The lowest BCUT2D eigenvalue weighted by Gasteiger charge is -2.21. The predicted octanol–water partition coefficient (Wildman–Crippen LogP) is 3.02. The van der Waals surface area contributed by atoms with E-state index in [1.165, 1.54) is 17.4 Å². The third-order valence-corrected chi connectivity index (χ3v) is 4.22. The van der Waals surface area contributed by atoms with Crippen molar-refractivity contribution in [2.75, 3.05) is 6.54 Å². The molecule has 2 rings (SSSR count). The number of rotatable bonds is 4. The van der Waals surface area contributed by atoms with E-state index in [1.54, 1.807) is 18.3 Å². The summed E-state index contributed by atoms with van der Waals surface area (Å²) in [5.41, 5.74) is 6.01. The van der Waals surface area contributed by atoms with E-state index in [0.717, 1.165) is 5.01 Å². The molecule has 0 aliphatic rings. The minimum Gasteiger partial charge on any atom is -0.387 e. The molecule has 1 aromatic carbocycles. The Kier molecular flexibility index (Phi) is 4.52. The highest BCUT2D eigenvalue weighted by molar-refractivity contribution is 7.11. The first-order valence-electron chi connectivity index (χ1n) is 5.79. The van der Waals surface area contributed by atoms with E-state index in [4.69, 9.17) is 17.3 Å². The summed E-state index contributed by atoms with van der Waals surface area (Å²) < 4.78 is 14.0. The van der Waals surface area contributed by atoms with E-state index in [0.29, 0.717) is 10.4 Å². The maximum atomic E-state index is 14.0. The topological polar surface area (TPSA) is 59.1 Å². The average molecular weight is 301 g/mol. The van der Waals surface area contributed by atoms with Crippen molar-refractivity contribution in [3.63, 3.8) is 0 Å². The molecule has 0 amide bonds. The van der Waals surface area contributed by atoms with Crippen molar-refractivity contribution >= 4 is 22.9 Å². The van der Waals surface area contributed by atoms with Crippen molar-refractivity contribution in [1.29, 1.82) is 0 Å². The number of hydrogen-bond donors (Lipinski definition) is 2. The highest BCUT2D eigenvalue weighted by Gasteiger charge is 2.26. The molecule has 102 valence electrons. The molecule has 0 bridgehead atoms. The summed E-state index contributed by atoms with van der Waals surface area (Å²) in [6.45, 7) is 1.97. The van der Waals surface area contributed by atoms with Gasteiger partial charge in [-0.3, -0.25) is 0 Å². The van der Waals surface area contributed by atoms with Crippen LogP contribution in [0.15, 0.2) is 24.4 Å². The van der Waals surface area contributed by atoms with Crippen molar-refractivity contribution in [3.8, 4) is 0 Å². The van der Waals surface area contributed by atoms with Gasteiger partial charge in [-0.15, -0.1) is 11.3 Å². The van der Waals surface area contributed by atoms with Gasteiger partial charge in [0, 0.05) is 18.7 Å². The van der Waals surface area contributed by atoms with Crippen molar-refractivity contribution in [2.45, 2.75) is 18.9 Å². The van der Waals surface area contributed by atoms with Gasteiger partial charge in [0.05, 0.1) is 21.0 Å². The second-order valence-corrected chi connectivity index (χ2v) is 5.89. The fraction of sp³-hybridized carbons (Fsp3) is 0.308. The fourth-order valence-electron chi connectivity index (χ4n) is 1.95. The van der Waals surface area contributed by atoms with Crippen LogP contribution in [0.25, 0.3) is 0 Å². The molecule has 0 saturated heterocycles. The van der Waals surface area contributed by atoms with Crippen LogP contribution in [0.5, 0.6) is 0 Å². The molecule has 0 saturated carbocycles. The van der Waals surface area contributed by atoms with Crippen LogP contribution in [0, 0.1) is 12.7 Å². The van der Waals surface area contributed by atoms with Gasteiger partial charge in [-0.05, 0) is 18.6 Å². The summed E-state index contributed by atoms with van der Waals surface area (Å²) in [7, 11) is 0. The van der Waals surface area contributed by atoms with Gasteiger partial charge in [-0.2, -0.15) is 0 Å². The van der Waals surface area contributed by atoms with Crippen LogP contribution in [0.4, 0.5) is 4.39 Å². The summed E-state index contributed by atoms with van der Waals surface area (Å²) in [5, 5.41) is 11.2. The predicted molar refractivity (Wildman–Crippen MR) is 75.0 cm³/mol. The second kappa shape index (κ2) is 5.96. The largest absolute Gasteiger partial charge is 0.387 e. The molecule has 19 heavy (non-hydrogen) atoms. The number of thiazole rings is 1. The van der Waals surface area contributed by atoms with E-state index < -0.39 is 17.8 Å². The third-order valence-electron chi connectivity index (χ3n) is 2.95. The molecule has 0 aliphatic carbocycles. The summed E-state index contributed by atoms with van der Waals surface area (Å²) in [4.78, 5) is 4.76. The summed E-state index contributed by atoms with van der Waals surface area (Å²) in [6.07, 6.45) is 0.708. The lowest BCUT2D eigenvalue weighted by Crippen LogP contribution is -2.20. The lowest BCUT2D eigenvalue weighted by atomic mass is 9.92. The quantitative estimate of drug-likeness (QED) is 0.912. The molecule has 0 spiro atoms. The summed E-state index contributed by atoms with van der Waals surface area (Å²) in [6, 6.07) is 4.71. The van der Waals surface area contributed by atoms with E-state index in [1.807, 2.05) is 6.92 Å². The Bertz CT molecular complexity index is 576. The first-order chi connectivity index (χ1) is 9.04. The number of nitrogens with two attached hydrogens (primary N) is 1. The van der Waals surface area contributed by atoms with Crippen LogP contribution in [0.1, 0.15) is 27.5 Å². The highest BCUT2D eigenvalue weighted by atomic mass is 35.5. The van der Waals surface area contributed by atoms with Crippen molar-refractivity contribution in [3.05, 3.63) is 50.7 Å². The van der Waals surface area contributed by atoms with Crippen molar-refractivity contribution in [2.24, 2.45) is 5.73 Å². The van der Waals surface area contributed by atoms with Crippen LogP contribution in [-0.2, 0) is 0 Å². The number of aryl methyl sites for hydroxylation is 1. The van der Waals surface area contributed by atoms with Gasteiger partial charge >= 0.3 is 0 Å². The Hall–Kier alpha value is -1.01. The molecule has 0 aliphatic heterocycles. The van der Waals surface area contributed by atoms with Crippen LogP contribution >= 0.6 is 22.9 Å². The van der Waals surface area contributed by atoms with E-state index in [2.05, 4.69) is 4.98 Å². The van der Waals surface area contributed by atoms with Gasteiger partial charge in [-0.25, -0.2) is 9.37 Å². The van der Waals surface area contributed by atoms with E-state index >= 15 is 0 Å². The van der Waals surface area contributed by atoms with E-state index in [9.17, 15) is 9.50 Å². The molecule has 0 radical (unpaired) electrons. The number of aliphatic hydroxyl groups is 1. The zero-order valence-electron chi connectivity index (χ0n) is 10.3. The average Bonchev–Trinajstić information content (AvgIpc) is 2.82. The van der Waals surface area contributed by atoms with Gasteiger partial charge in [0.15, 0.2) is 0 Å². The SMILES string of the molecule is Cc1ncc(C(O)C(CN)c2cccc(Cl)c2F)s1. The standard InChI is InChI=1S/C13H14ClFN2OS/c1-7-17-6-11(19-7)13(18)9(5-16)8-3-2-4-10(14)12(8)15/h2-4,6,9,13,18H,5,16H2,1H3. The number of aliphatic hydroxyl groups excluding tert-OH is 1. The summed E-state index contributed by atoms with van der Waals surface area (Å²) in [5.74, 6) is -1.07. The van der Waals surface area contributed by atoms with Crippen LogP contribution < -0.4 is 5.73 Å². The lowest BCUT2D eigenvalue weighted by molar-refractivity contribution is 0.149. The van der Waals surface area contributed by atoms with Crippen LogP contribution in [0.3, 0.4) is 0 Å². The third kappa shape index (κ3) is 2.95. The monoisotopic (exact) mass is 300 g/mol. The van der Waals surface area contributed by atoms with Crippen LogP contribution in [-0.4, -0.2) is 16.6 Å². The fourth-order valence-corrected chi connectivity index (χ4v) is 2.96. The molecule has 2 unspecified atom stereocenters. The van der Waals surface area contributed by atoms with Gasteiger partial charge in [0.2, 0.25) is 0 Å². The molecule has 1 heterocycles. The number of halogens is 2. The zero-order chi connectivity index (χ0) is 14.0. The Morgan fingerprint density at radius 3 is 2.84 bits per heavy atom. The number of aromatic nitrogens is 1. The molecule has 1 aromatic heterocycles. The Morgan fingerprint density at radius 2 is 2.26 bits per heavy atom.